The molecule has 132 valence electrons. The third-order valence-electron chi connectivity index (χ3n) is 4.03. The predicted molar refractivity (Wildman–Crippen MR) is 84.6 cm³/mol. The number of likely N-dealkylation sites (tertiary alicyclic amines) is 1. The van der Waals surface area contributed by atoms with Crippen molar-refractivity contribution in [3.05, 3.63) is 46.3 Å². The second kappa shape index (κ2) is 7.20. The van der Waals surface area contributed by atoms with E-state index in [0.717, 1.165) is 0 Å². The minimum absolute atomic E-state index is 0.00762. The van der Waals surface area contributed by atoms with E-state index < -0.39 is 18.3 Å². The summed E-state index contributed by atoms with van der Waals surface area (Å²) in [5.74, 6) is -1.09. The number of carboxylic acids is 1. The minimum atomic E-state index is -1.08. The summed E-state index contributed by atoms with van der Waals surface area (Å²) in [6.45, 7) is 0.568. The Bertz CT molecular complexity index is 819. The lowest BCUT2D eigenvalue weighted by Crippen LogP contribution is -2.38. The van der Waals surface area contributed by atoms with Crippen LogP contribution in [0.5, 0.6) is 5.75 Å². The third-order valence-corrected chi connectivity index (χ3v) is 4.03. The molecule has 1 aliphatic rings. The van der Waals surface area contributed by atoms with Crippen molar-refractivity contribution in [2.45, 2.75) is 18.8 Å². The number of aromatic amines is 1. The zero-order valence-electron chi connectivity index (χ0n) is 13.3. The number of nitrogens with one attached hydrogen (secondary N) is 1. The number of hydrogen-bond donors (Lipinski definition) is 2. The minimum Gasteiger partial charge on any atom is -0.482 e. The molecule has 0 spiro atoms. The molecule has 3 rings (SSSR count). The monoisotopic (exact) mass is 347 g/mol. The van der Waals surface area contributed by atoms with Crippen LogP contribution in [-0.2, 0) is 4.79 Å². The molecule has 0 bridgehead atoms. The fourth-order valence-corrected chi connectivity index (χ4v) is 2.79. The molecule has 2 heterocycles. The van der Waals surface area contributed by atoms with E-state index in [9.17, 15) is 14.4 Å². The number of benzene rings is 1. The van der Waals surface area contributed by atoms with Gasteiger partial charge in [-0.15, -0.1) is 5.10 Å². The first-order valence-electron chi connectivity index (χ1n) is 7.82. The number of hydrogen-bond acceptors (Lipinski definition) is 6. The van der Waals surface area contributed by atoms with Gasteiger partial charge in [-0.2, -0.15) is 0 Å². The van der Waals surface area contributed by atoms with Crippen molar-refractivity contribution >= 4 is 11.9 Å². The van der Waals surface area contributed by atoms with Gasteiger partial charge in [0, 0.05) is 24.6 Å². The van der Waals surface area contributed by atoms with Gasteiger partial charge in [-0.3, -0.25) is 4.79 Å². The van der Waals surface area contributed by atoms with Gasteiger partial charge in [0.15, 0.2) is 6.61 Å². The largest absolute Gasteiger partial charge is 0.482 e. The Morgan fingerprint density at radius 2 is 2.12 bits per heavy atom. The summed E-state index contributed by atoms with van der Waals surface area (Å²) < 4.78 is 10.1. The zero-order valence-corrected chi connectivity index (χ0v) is 13.3. The van der Waals surface area contributed by atoms with Gasteiger partial charge in [0.1, 0.15) is 5.75 Å². The first-order valence-corrected chi connectivity index (χ1v) is 7.82. The van der Waals surface area contributed by atoms with Crippen molar-refractivity contribution in [2.75, 3.05) is 19.7 Å². The highest BCUT2D eigenvalue weighted by Crippen LogP contribution is 2.27. The van der Waals surface area contributed by atoms with Crippen molar-refractivity contribution in [3.8, 4) is 5.75 Å². The SMILES string of the molecule is O=C(O)COc1cccc(C(=O)N2CCC(c3n[nH]c(=O)o3)CC2)c1. The van der Waals surface area contributed by atoms with E-state index in [0.29, 0.717) is 43.1 Å². The Hall–Kier alpha value is -3.10. The van der Waals surface area contributed by atoms with Crippen molar-refractivity contribution < 1.29 is 23.8 Å². The molecular formula is C16H17N3O6. The molecule has 9 nitrogen and oxygen atoms in total. The van der Waals surface area contributed by atoms with E-state index in [1.165, 1.54) is 6.07 Å². The molecule has 0 saturated carbocycles. The van der Waals surface area contributed by atoms with Crippen LogP contribution in [-0.4, -0.2) is 51.8 Å². The lowest BCUT2D eigenvalue weighted by molar-refractivity contribution is -0.139. The molecule has 0 atom stereocenters. The predicted octanol–water partition coefficient (Wildman–Crippen LogP) is 0.846. The number of amides is 1. The van der Waals surface area contributed by atoms with Crippen LogP contribution in [0.4, 0.5) is 0 Å². The molecule has 2 aromatic rings. The van der Waals surface area contributed by atoms with Crippen LogP contribution in [0, 0.1) is 0 Å². The Kier molecular flexibility index (Phi) is 4.82. The number of ether oxygens (including phenoxy) is 1. The molecular weight excluding hydrogens is 330 g/mol. The summed E-state index contributed by atoms with van der Waals surface area (Å²) in [5, 5.41) is 14.7. The Morgan fingerprint density at radius 1 is 1.36 bits per heavy atom. The lowest BCUT2D eigenvalue weighted by Gasteiger charge is -2.30. The zero-order chi connectivity index (χ0) is 17.8. The van der Waals surface area contributed by atoms with Gasteiger partial charge >= 0.3 is 11.7 Å². The highest BCUT2D eigenvalue weighted by Gasteiger charge is 2.27. The third kappa shape index (κ3) is 4.06. The van der Waals surface area contributed by atoms with E-state index in [2.05, 4.69) is 10.2 Å². The van der Waals surface area contributed by atoms with Crippen molar-refractivity contribution in [3.63, 3.8) is 0 Å². The Balaban J connectivity index is 1.61. The molecule has 1 amide bonds. The van der Waals surface area contributed by atoms with Crippen LogP contribution >= 0.6 is 0 Å². The molecule has 0 unspecified atom stereocenters. The molecule has 9 heteroatoms. The lowest BCUT2D eigenvalue weighted by atomic mass is 9.96. The second-order valence-electron chi connectivity index (χ2n) is 5.73. The quantitative estimate of drug-likeness (QED) is 0.821. The Morgan fingerprint density at radius 3 is 2.76 bits per heavy atom. The normalized spacial score (nSPS) is 15.1. The summed E-state index contributed by atoms with van der Waals surface area (Å²) in [4.78, 5) is 35.9. The molecule has 1 aliphatic heterocycles. The molecule has 1 aromatic carbocycles. The average molecular weight is 347 g/mol. The number of carbonyl (C=O) groups excluding carboxylic acids is 1. The molecule has 25 heavy (non-hydrogen) atoms. The van der Waals surface area contributed by atoms with E-state index >= 15 is 0 Å². The standard InChI is InChI=1S/C16H17N3O6/c20-13(21)9-24-12-3-1-2-11(8-12)15(22)19-6-4-10(5-7-19)14-17-18-16(23)25-14/h1-3,8,10H,4-7,9H2,(H,18,23)(H,20,21). The maximum absolute atomic E-state index is 12.6. The maximum atomic E-state index is 12.6. The smallest absolute Gasteiger partial charge is 0.434 e. The van der Waals surface area contributed by atoms with Gasteiger partial charge in [0.2, 0.25) is 5.89 Å². The van der Waals surface area contributed by atoms with Crippen LogP contribution in [0.15, 0.2) is 33.5 Å². The van der Waals surface area contributed by atoms with Gasteiger partial charge < -0.3 is 19.2 Å². The summed E-state index contributed by atoms with van der Waals surface area (Å²) in [5.41, 5.74) is 0.438. The number of nitrogens with zero attached hydrogens (tertiary/aromatic N) is 2. The van der Waals surface area contributed by atoms with Gasteiger partial charge in [0.25, 0.3) is 5.91 Å². The molecule has 1 saturated heterocycles. The van der Waals surface area contributed by atoms with Crippen LogP contribution in [0.25, 0.3) is 0 Å². The number of piperidine rings is 1. The number of aliphatic carboxylic acids is 1. The van der Waals surface area contributed by atoms with E-state index in [1.807, 2.05) is 0 Å². The van der Waals surface area contributed by atoms with Crippen LogP contribution in [0.3, 0.4) is 0 Å². The van der Waals surface area contributed by atoms with Crippen LogP contribution in [0.2, 0.25) is 0 Å². The number of carbonyl (C=O) groups is 2. The molecule has 1 fully saturated rings. The van der Waals surface area contributed by atoms with Crippen molar-refractivity contribution in [2.24, 2.45) is 0 Å². The molecule has 2 N–H and O–H groups in total. The van der Waals surface area contributed by atoms with Gasteiger partial charge in [0.05, 0.1) is 0 Å². The van der Waals surface area contributed by atoms with Gasteiger partial charge in [-0.05, 0) is 31.0 Å². The number of aromatic nitrogens is 2. The number of rotatable bonds is 5. The van der Waals surface area contributed by atoms with Gasteiger partial charge in [-0.1, -0.05) is 6.07 Å². The van der Waals surface area contributed by atoms with Crippen molar-refractivity contribution in [1.82, 2.24) is 15.1 Å². The first-order chi connectivity index (χ1) is 12.0. The second-order valence-corrected chi connectivity index (χ2v) is 5.73. The van der Waals surface area contributed by atoms with Crippen LogP contribution < -0.4 is 10.5 Å². The summed E-state index contributed by atoms with van der Waals surface area (Å²) in [7, 11) is 0. The Labute approximate surface area is 142 Å². The average Bonchev–Trinajstić information content (AvgIpc) is 3.06. The van der Waals surface area contributed by atoms with Gasteiger partial charge in [-0.25, -0.2) is 14.7 Å². The summed E-state index contributed by atoms with van der Waals surface area (Å²) in [6.07, 6.45) is 1.30. The highest BCUT2D eigenvalue weighted by molar-refractivity contribution is 5.94. The number of H-pyrrole nitrogens is 1. The first kappa shape index (κ1) is 16.7. The van der Waals surface area contributed by atoms with Crippen LogP contribution in [0.1, 0.15) is 35.0 Å². The molecule has 0 aliphatic carbocycles. The van der Waals surface area contributed by atoms with E-state index in [4.69, 9.17) is 14.3 Å². The highest BCUT2D eigenvalue weighted by atomic mass is 16.5. The summed E-state index contributed by atoms with van der Waals surface area (Å²) in [6, 6.07) is 6.44. The number of carboxylic acid groups (broad SMARTS) is 1. The van der Waals surface area contributed by atoms with E-state index in [1.54, 1.807) is 23.1 Å². The van der Waals surface area contributed by atoms with Crippen molar-refractivity contribution in [1.29, 1.82) is 0 Å². The molecule has 0 radical (unpaired) electrons. The fraction of sp³-hybridized carbons (Fsp3) is 0.375. The summed E-state index contributed by atoms with van der Waals surface area (Å²) >= 11 is 0. The topological polar surface area (TPSA) is 126 Å². The molecule has 1 aromatic heterocycles. The van der Waals surface area contributed by atoms with E-state index in [-0.39, 0.29) is 11.8 Å². The maximum Gasteiger partial charge on any atom is 0.434 e. The fourth-order valence-electron chi connectivity index (χ4n) is 2.79.